The van der Waals surface area contributed by atoms with Gasteiger partial charge >= 0.3 is 0 Å². The Morgan fingerprint density at radius 1 is 1.11 bits per heavy atom. The molecular formula is C19H24N4O2S2. The largest absolute Gasteiger partial charge is 0.350 e. The predicted octanol–water partition coefficient (Wildman–Crippen LogP) is 3.92. The van der Waals surface area contributed by atoms with E-state index in [0.717, 1.165) is 15.2 Å². The van der Waals surface area contributed by atoms with E-state index in [1.54, 1.807) is 23.5 Å². The molecule has 2 heterocycles. The Morgan fingerprint density at radius 2 is 1.81 bits per heavy atom. The number of fused-ring (bicyclic) bond motifs is 1. The molecule has 0 radical (unpaired) electrons. The van der Waals surface area contributed by atoms with E-state index in [1.165, 1.54) is 10.5 Å². The van der Waals surface area contributed by atoms with Gasteiger partial charge in [-0.2, -0.15) is 4.31 Å². The lowest BCUT2D eigenvalue weighted by molar-refractivity contribution is 0.445. The van der Waals surface area contributed by atoms with Crippen molar-refractivity contribution in [2.24, 2.45) is 0 Å². The van der Waals surface area contributed by atoms with E-state index < -0.39 is 10.0 Å². The van der Waals surface area contributed by atoms with Crippen LogP contribution in [0, 0.1) is 0 Å². The number of hydrogen-bond donors (Lipinski definition) is 0. The molecule has 27 heavy (non-hydrogen) atoms. The molecule has 0 spiro atoms. The van der Waals surface area contributed by atoms with Gasteiger partial charge in [-0.05, 0) is 31.2 Å². The number of sulfonamides is 1. The Kier molecular flexibility index (Phi) is 5.78. The van der Waals surface area contributed by atoms with Crippen LogP contribution in [0.4, 0.5) is 5.82 Å². The molecule has 0 aliphatic rings. The average molecular weight is 405 g/mol. The minimum absolute atomic E-state index is 0.0279. The fourth-order valence-corrected chi connectivity index (χ4v) is 5.35. The summed E-state index contributed by atoms with van der Waals surface area (Å²) in [5.74, 6) is 0.709. The van der Waals surface area contributed by atoms with E-state index in [4.69, 9.17) is 4.98 Å². The highest BCUT2D eigenvalue weighted by Crippen LogP contribution is 2.31. The second-order valence-corrected chi connectivity index (χ2v) is 9.25. The summed E-state index contributed by atoms with van der Waals surface area (Å²) in [6, 6.07) is 11.5. The van der Waals surface area contributed by atoms with Gasteiger partial charge in [-0.3, -0.25) is 0 Å². The van der Waals surface area contributed by atoms with Crippen LogP contribution in [0.25, 0.3) is 10.2 Å². The number of aromatic nitrogens is 2. The number of nitrogens with zero attached hydrogens (tertiary/aromatic N) is 4. The highest BCUT2D eigenvalue weighted by molar-refractivity contribution is 7.89. The molecule has 0 amide bonds. The number of pyridine rings is 1. The summed E-state index contributed by atoms with van der Waals surface area (Å²) in [6.07, 6.45) is 1.44. The molecule has 3 rings (SSSR count). The van der Waals surface area contributed by atoms with E-state index in [9.17, 15) is 8.42 Å². The van der Waals surface area contributed by atoms with Crippen LogP contribution in [0.5, 0.6) is 0 Å². The minimum atomic E-state index is -3.49. The fraction of sp³-hybridized carbons (Fsp3) is 0.368. The number of benzene rings is 1. The maximum Gasteiger partial charge on any atom is 0.244 e. The number of anilines is 1. The maximum absolute atomic E-state index is 12.6. The molecule has 144 valence electrons. The first-order valence-corrected chi connectivity index (χ1v) is 11.2. The molecule has 6 nitrogen and oxygen atoms in total. The van der Waals surface area contributed by atoms with Crippen molar-refractivity contribution < 1.29 is 8.42 Å². The van der Waals surface area contributed by atoms with Crippen LogP contribution >= 0.6 is 11.3 Å². The first-order valence-electron chi connectivity index (χ1n) is 8.93. The number of rotatable bonds is 7. The third-order valence-electron chi connectivity index (χ3n) is 4.67. The number of thiazole rings is 1. The van der Waals surface area contributed by atoms with Gasteiger partial charge in [0.25, 0.3) is 0 Å². The Bertz CT molecular complexity index is 979. The molecule has 2 aromatic heterocycles. The fourth-order valence-electron chi connectivity index (χ4n) is 2.88. The second-order valence-electron chi connectivity index (χ2n) is 6.25. The summed E-state index contributed by atoms with van der Waals surface area (Å²) in [5.41, 5.74) is 0.992. The zero-order valence-corrected chi connectivity index (χ0v) is 17.6. The molecule has 3 aromatic rings. The van der Waals surface area contributed by atoms with Gasteiger partial charge in [-0.1, -0.05) is 26.0 Å². The lowest BCUT2D eigenvalue weighted by Gasteiger charge is -2.24. The maximum atomic E-state index is 12.6. The summed E-state index contributed by atoms with van der Waals surface area (Å²) in [4.78, 5) is 11.3. The van der Waals surface area contributed by atoms with Gasteiger partial charge in [0, 0.05) is 26.3 Å². The molecule has 1 aromatic carbocycles. The predicted molar refractivity (Wildman–Crippen MR) is 111 cm³/mol. The molecule has 0 saturated carbocycles. The van der Waals surface area contributed by atoms with Crippen molar-refractivity contribution in [3.63, 3.8) is 0 Å². The lowest BCUT2D eigenvalue weighted by atomic mass is 10.3. The Balaban J connectivity index is 1.83. The zero-order valence-electron chi connectivity index (χ0n) is 16.0. The van der Waals surface area contributed by atoms with Gasteiger partial charge in [0.15, 0.2) is 0 Å². The summed E-state index contributed by atoms with van der Waals surface area (Å²) in [6.45, 7) is 6.61. The number of hydrogen-bond acceptors (Lipinski definition) is 6. The van der Waals surface area contributed by atoms with Crippen LogP contribution in [0.2, 0.25) is 0 Å². The van der Waals surface area contributed by atoms with Gasteiger partial charge in [0.1, 0.15) is 15.7 Å². The molecule has 0 N–H and O–H groups in total. The van der Waals surface area contributed by atoms with Crippen LogP contribution in [0.15, 0.2) is 47.5 Å². The van der Waals surface area contributed by atoms with Crippen LogP contribution in [0.1, 0.15) is 31.8 Å². The van der Waals surface area contributed by atoms with Crippen molar-refractivity contribution in [2.75, 3.05) is 25.0 Å². The van der Waals surface area contributed by atoms with Crippen molar-refractivity contribution in [3.05, 3.63) is 47.6 Å². The van der Waals surface area contributed by atoms with E-state index in [1.807, 2.05) is 44.0 Å². The molecule has 0 bridgehead atoms. The molecule has 0 aliphatic heterocycles. The van der Waals surface area contributed by atoms with Crippen molar-refractivity contribution in [3.8, 4) is 0 Å². The summed E-state index contributed by atoms with van der Waals surface area (Å²) in [7, 11) is -1.55. The van der Waals surface area contributed by atoms with Crippen molar-refractivity contribution in [2.45, 2.75) is 31.7 Å². The molecule has 0 unspecified atom stereocenters. The highest BCUT2D eigenvalue weighted by Gasteiger charge is 2.23. The van der Waals surface area contributed by atoms with E-state index in [-0.39, 0.29) is 10.9 Å². The zero-order chi connectivity index (χ0) is 19.6. The smallest absolute Gasteiger partial charge is 0.244 e. The van der Waals surface area contributed by atoms with Crippen LogP contribution < -0.4 is 4.90 Å². The van der Waals surface area contributed by atoms with Gasteiger partial charge < -0.3 is 4.90 Å². The third kappa shape index (κ3) is 3.83. The molecule has 1 atom stereocenters. The van der Waals surface area contributed by atoms with Crippen LogP contribution in [-0.2, 0) is 10.0 Å². The molecule has 0 fully saturated rings. The Morgan fingerprint density at radius 3 is 2.41 bits per heavy atom. The van der Waals surface area contributed by atoms with Crippen molar-refractivity contribution in [1.29, 1.82) is 0 Å². The summed E-state index contributed by atoms with van der Waals surface area (Å²) < 4.78 is 27.8. The first kappa shape index (κ1) is 19.7. The van der Waals surface area contributed by atoms with Crippen LogP contribution in [0.3, 0.4) is 0 Å². The average Bonchev–Trinajstić information content (AvgIpc) is 3.12. The van der Waals surface area contributed by atoms with Gasteiger partial charge in [-0.25, -0.2) is 18.4 Å². The normalized spacial score (nSPS) is 13.2. The van der Waals surface area contributed by atoms with E-state index >= 15 is 0 Å². The standard InChI is InChI=1S/C19H24N4O2S2/c1-5-23(6-2)27(24,25)15-11-12-18(20-13-15)22(4)14(3)19-21-16-9-7-8-10-17(16)26-19/h7-14H,5-6H2,1-4H3/t14-/m1/s1. The highest BCUT2D eigenvalue weighted by atomic mass is 32.2. The Hall–Kier alpha value is -2.03. The molecule has 8 heteroatoms. The molecular weight excluding hydrogens is 380 g/mol. The second kappa shape index (κ2) is 7.92. The van der Waals surface area contributed by atoms with Gasteiger partial charge in [-0.15, -0.1) is 11.3 Å². The van der Waals surface area contributed by atoms with Crippen LogP contribution in [-0.4, -0.2) is 42.8 Å². The monoisotopic (exact) mass is 404 g/mol. The van der Waals surface area contributed by atoms with Crippen molar-refractivity contribution >= 4 is 37.4 Å². The molecule has 0 saturated heterocycles. The number of para-hydroxylation sites is 1. The van der Waals surface area contributed by atoms with Gasteiger partial charge in [0.05, 0.1) is 16.3 Å². The summed E-state index contributed by atoms with van der Waals surface area (Å²) in [5, 5.41) is 1.00. The Labute approximate surface area is 164 Å². The quantitative estimate of drug-likeness (QED) is 0.597. The van der Waals surface area contributed by atoms with E-state index in [2.05, 4.69) is 18.0 Å². The van der Waals surface area contributed by atoms with Gasteiger partial charge in [0.2, 0.25) is 10.0 Å². The van der Waals surface area contributed by atoms with Crippen molar-refractivity contribution in [1.82, 2.24) is 14.3 Å². The third-order valence-corrected chi connectivity index (χ3v) is 7.91. The first-order chi connectivity index (χ1) is 12.9. The lowest BCUT2D eigenvalue weighted by Crippen LogP contribution is -2.30. The minimum Gasteiger partial charge on any atom is -0.350 e. The van der Waals surface area contributed by atoms with E-state index in [0.29, 0.717) is 18.9 Å². The topological polar surface area (TPSA) is 66.4 Å². The SMILES string of the molecule is CCN(CC)S(=O)(=O)c1ccc(N(C)[C@H](C)c2nc3ccccc3s2)nc1. The molecule has 0 aliphatic carbocycles. The summed E-state index contributed by atoms with van der Waals surface area (Å²) >= 11 is 1.66.